The minimum atomic E-state index is 0.486. The predicted molar refractivity (Wildman–Crippen MR) is 53.3 cm³/mol. The molecule has 13 heavy (non-hydrogen) atoms. The maximum atomic E-state index is 5.79. The summed E-state index contributed by atoms with van der Waals surface area (Å²) < 4.78 is 5.66. The van der Waals surface area contributed by atoms with Crippen molar-refractivity contribution in [2.45, 2.75) is 32.0 Å². The quantitative estimate of drug-likeness (QED) is 0.719. The van der Waals surface area contributed by atoms with E-state index in [-0.39, 0.29) is 0 Å². The number of rotatable bonds is 3. The number of benzene rings is 1. The molecule has 1 aromatic carbocycles. The smallest absolute Gasteiger partial charge is 0.0740 e. The highest BCUT2D eigenvalue weighted by Crippen LogP contribution is 2.24. The van der Waals surface area contributed by atoms with Gasteiger partial charge in [-0.05, 0) is 25.3 Å². The molecule has 2 N–H and O–H groups in total. The second kappa shape index (κ2) is 3.79. The number of hydrogen-bond acceptors (Lipinski definition) is 2. The van der Waals surface area contributed by atoms with Crippen LogP contribution in [0, 0.1) is 0 Å². The average molecular weight is 177 g/mol. The van der Waals surface area contributed by atoms with E-state index in [0.29, 0.717) is 12.7 Å². The Kier molecular flexibility index (Phi) is 2.50. The normalized spacial score (nSPS) is 16.9. The predicted octanol–water partition coefficient (Wildman–Crippen LogP) is 2.34. The summed E-state index contributed by atoms with van der Waals surface area (Å²) in [4.78, 5) is 0. The molecule has 0 aliphatic heterocycles. The number of anilines is 1. The molecule has 1 aliphatic carbocycles. The van der Waals surface area contributed by atoms with Crippen LogP contribution < -0.4 is 5.73 Å². The molecule has 2 rings (SSSR count). The summed E-state index contributed by atoms with van der Waals surface area (Å²) >= 11 is 0. The highest BCUT2D eigenvalue weighted by molar-refractivity contribution is 5.45. The van der Waals surface area contributed by atoms with E-state index in [1.54, 1.807) is 0 Å². The second-order valence-corrected chi connectivity index (χ2v) is 3.56. The molecular formula is C11H15NO. The van der Waals surface area contributed by atoms with Crippen LogP contribution in [0.5, 0.6) is 0 Å². The summed E-state index contributed by atoms with van der Waals surface area (Å²) in [6.45, 7) is 0.664. The lowest BCUT2D eigenvalue weighted by atomic mass is 9.96. The van der Waals surface area contributed by atoms with Crippen molar-refractivity contribution in [1.29, 1.82) is 0 Å². The number of hydrogen-bond donors (Lipinski definition) is 1. The fourth-order valence-corrected chi connectivity index (χ4v) is 1.41. The maximum absolute atomic E-state index is 5.79. The van der Waals surface area contributed by atoms with Crippen LogP contribution in [0.1, 0.15) is 24.8 Å². The molecule has 0 heterocycles. The Morgan fingerprint density at radius 3 is 2.69 bits per heavy atom. The lowest BCUT2D eigenvalue weighted by Gasteiger charge is -2.25. The Morgan fingerprint density at radius 2 is 2.08 bits per heavy atom. The first kappa shape index (κ1) is 8.57. The van der Waals surface area contributed by atoms with Gasteiger partial charge in [0.25, 0.3) is 0 Å². The Balaban J connectivity index is 1.89. The molecular weight excluding hydrogens is 162 g/mol. The zero-order valence-corrected chi connectivity index (χ0v) is 7.70. The fourth-order valence-electron chi connectivity index (χ4n) is 1.41. The van der Waals surface area contributed by atoms with Crippen molar-refractivity contribution >= 4 is 5.69 Å². The standard InChI is InChI=1S/C11H15NO/c12-11-7-2-1-4-9(11)8-13-10-5-3-6-10/h1-2,4,7,10H,3,5-6,8,12H2. The van der Waals surface area contributed by atoms with Crippen molar-refractivity contribution < 1.29 is 4.74 Å². The summed E-state index contributed by atoms with van der Waals surface area (Å²) in [6, 6.07) is 7.88. The van der Waals surface area contributed by atoms with Crippen molar-refractivity contribution in [3.63, 3.8) is 0 Å². The van der Waals surface area contributed by atoms with Crippen molar-refractivity contribution in [2.75, 3.05) is 5.73 Å². The molecule has 70 valence electrons. The molecule has 0 amide bonds. The van der Waals surface area contributed by atoms with Gasteiger partial charge >= 0.3 is 0 Å². The van der Waals surface area contributed by atoms with Gasteiger partial charge in [-0.1, -0.05) is 18.2 Å². The van der Waals surface area contributed by atoms with Crippen molar-refractivity contribution in [1.82, 2.24) is 0 Å². The van der Waals surface area contributed by atoms with Gasteiger partial charge in [0.2, 0.25) is 0 Å². The van der Waals surface area contributed by atoms with Crippen LogP contribution >= 0.6 is 0 Å². The van der Waals surface area contributed by atoms with Crippen LogP contribution in [-0.2, 0) is 11.3 Å². The Bertz CT molecular complexity index is 281. The lowest BCUT2D eigenvalue weighted by Crippen LogP contribution is -2.21. The summed E-state index contributed by atoms with van der Waals surface area (Å²) in [5, 5.41) is 0. The van der Waals surface area contributed by atoms with Gasteiger partial charge in [0.05, 0.1) is 12.7 Å². The van der Waals surface area contributed by atoms with E-state index in [1.165, 1.54) is 19.3 Å². The molecule has 0 bridgehead atoms. The van der Waals surface area contributed by atoms with E-state index in [9.17, 15) is 0 Å². The van der Waals surface area contributed by atoms with Crippen molar-refractivity contribution in [2.24, 2.45) is 0 Å². The van der Waals surface area contributed by atoms with E-state index in [2.05, 4.69) is 0 Å². The third-order valence-electron chi connectivity index (χ3n) is 2.58. The molecule has 0 spiro atoms. The number of ether oxygens (including phenoxy) is 1. The molecule has 0 aromatic heterocycles. The lowest BCUT2D eigenvalue weighted by molar-refractivity contribution is -0.00841. The van der Waals surface area contributed by atoms with Crippen molar-refractivity contribution in [3.8, 4) is 0 Å². The van der Waals surface area contributed by atoms with Crippen LogP contribution in [0.15, 0.2) is 24.3 Å². The largest absolute Gasteiger partial charge is 0.398 e. The third-order valence-corrected chi connectivity index (χ3v) is 2.58. The summed E-state index contributed by atoms with van der Waals surface area (Å²) in [7, 11) is 0. The van der Waals surface area contributed by atoms with E-state index >= 15 is 0 Å². The third kappa shape index (κ3) is 2.01. The highest BCUT2D eigenvalue weighted by Gasteiger charge is 2.17. The number of nitrogens with two attached hydrogens (primary N) is 1. The monoisotopic (exact) mass is 177 g/mol. The first-order valence-corrected chi connectivity index (χ1v) is 4.81. The SMILES string of the molecule is Nc1ccccc1COC1CCC1. The average Bonchev–Trinajstić information content (AvgIpc) is 2.05. The summed E-state index contributed by atoms with van der Waals surface area (Å²) in [6.07, 6.45) is 4.23. The number of para-hydroxylation sites is 1. The maximum Gasteiger partial charge on any atom is 0.0740 e. The van der Waals surface area contributed by atoms with Gasteiger partial charge in [0.15, 0.2) is 0 Å². The summed E-state index contributed by atoms with van der Waals surface area (Å²) in [5.74, 6) is 0. The van der Waals surface area contributed by atoms with Crippen molar-refractivity contribution in [3.05, 3.63) is 29.8 Å². The van der Waals surface area contributed by atoms with E-state index in [0.717, 1.165) is 11.3 Å². The van der Waals surface area contributed by atoms with Gasteiger partial charge in [0, 0.05) is 11.3 Å². The molecule has 0 atom stereocenters. The summed E-state index contributed by atoms with van der Waals surface area (Å²) in [5.41, 5.74) is 7.73. The highest BCUT2D eigenvalue weighted by atomic mass is 16.5. The molecule has 0 radical (unpaired) electrons. The first-order chi connectivity index (χ1) is 6.36. The topological polar surface area (TPSA) is 35.2 Å². The van der Waals surface area contributed by atoms with Crippen LogP contribution in [0.2, 0.25) is 0 Å². The Labute approximate surface area is 78.7 Å². The zero-order valence-electron chi connectivity index (χ0n) is 7.70. The van der Waals surface area contributed by atoms with Gasteiger partial charge in [-0.3, -0.25) is 0 Å². The van der Waals surface area contributed by atoms with E-state index < -0.39 is 0 Å². The van der Waals surface area contributed by atoms with Crippen LogP contribution in [-0.4, -0.2) is 6.10 Å². The molecule has 2 nitrogen and oxygen atoms in total. The van der Waals surface area contributed by atoms with E-state index in [4.69, 9.17) is 10.5 Å². The fraction of sp³-hybridized carbons (Fsp3) is 0.455. The van der Waals surface area contributed by atoms with E-state index in [1.807, 2.05) is 24.3 Å². The van der Waals surface area contributed by atoms with Crippen LogP contribution in [0.25, 0.3) is 0 Å². The number of nitrogen functional groups attached to an aromatic ring is 1. The van der Waals surface area contributed by atoms with Gasteiger partial charge < -0.3 is 10.5 Å². The van der Waals surface area contributed by atoms with Crippen LogP contribution in [0.3, 0.4) is 0 Å². The Morgan fingerprint density at radius 1 is 1.31 bits per heavy atom. The van der Waals surface area contributed by atoms with Gasteiger partial charge in [-0.25, -0.2) is 0 Å². The zero-order chi connectivity index (χ0) is 9.10. The molecule has 1 saturated carbocycles. The minimum Gasteiger partial charge on any atom is -0.398 e. The van der Waals surface area contributed by atoms with Gasteiger partial charge in [-0.15, -0.1) is 0 Å². The van der Waals surface area contributed by atoms with Crippen LogP contribution in [0.4, 0.5) is 5.69 Å². The Hall–Kier alpha value is -1.02. The molecule has 1 fully saturated rings. The second-order valence-electron chi connectivity index (χ2n) is 3.56. The molecule has 0 saturated heterocycles. The molecule has 1 aliphatic rings. The van der Waals surface area contributed by atoms with Gasteiger partial charge in [-0.2, -0.15) is 0 Å². The molecule has 2 heteroatoms. The molecule has 1 aromatic rings. The minimum absolute atomic E-state index is 0.486. The first-order valence-electron chi connectivity index (χ1n) is 4.81. The van der Waals surface area contributed by atoms with Gasteiger partial charge in [0.1, 0.15) is 0 Å². The molecule has 0 unspecified atom stereocenters.